The standard InChI is InChI=1S/C13H30NO/c1-12(2)14(6,7)9-11-15-10-8-13(3,4)5/h12H,8-11H2,1-7H3/q+1. The van der Waals surface area contributed by atoms with Gasteiger partial charge in [-0.25, -0.2) is 0 Å². The monoisotopic (exact) mass is 216 g/mol. The normalized spacial score (nSPS) is 13.6. The Morgan fingerprint density at radius 2 is 1.60 bits per heavy atom. The van der Waals surface area contributed by atoms with E-state index >= 15 is 0 Å². The van der Waals surface area contributed by atoms with Crippen molar-refractivity contribution in [2.24, 2.45) is 5.41 Å². The minimum Gasteiger partial charge on any atom is -0.376 e. The molecule has 15 heavy (non-hydrogen) atoms. The van der Waals surface area contributed by atoms with Crippen molar-refractivity contribution in [3.8, 4) is 0 Å². The lowest BCUT2D eigenvalue weighted by Crippen LogP contribution is -2.47. The lowest BCUT2D eigenvalue weighted by atomic mass is 9.93. The summed E-state index contributed by atoms with van der Waals surface area (Å²) in [6.45, 7) is 14.1. The molecule has 0 aromatic carbocycles. The quantitative estimate of drug-likeness (QED) is 0.490. The average molecular weight is 216 g/mol. The number of ether oxygens (including phenoxy) is 1. The third kappa shape index (κ3) is 7.80. The van der Waals surface area contributed by atoms with E-state index in [4.69, 9.17) is 4.74 Å². The molecule has 0 spiro atoms. The number of likely N-dealkylation sites (N-methyl/N-ethyl adjacent to an activating group) is 1. The second-order valence-electron chi connectivity index (χ2n) is 6.52. The third-order valence-corrected chi connectivity index (χ3v) is 3.21. The highest BCUT2D eigenvalue weighted by Gasteiger charge is 2.19. The first-order valence-electron chi connectivity index (χ1n) is 6.05. The van der Waals surface area contributed by atoms with Crippen LogP contribution in [0.5, 0.6) is 0 Å². The van der Waals surface area contributed by atoms with Crippen molar-refractivity contribution in [2.75, 3.05) is 33.9 Å². The van der Waals surface area contributed by atoms with Crippen LogP contribution >= 0.6 is 0 Å². The van der Waals surface area contributed by atoms with Crippen LogP contribution < -0.4 is 0 Å². The van der Waals surface area contributed by atoms with Gasteiger partial charge in [-0.3, -0.25) is 0 Å². The van der Waals surface area contributed by atoms with Gasteiger partial charge in [-0.15, -0.1) is 0 Å². The van der Waals surface area contributed by atoms with E-state index in [2.05, 4.69) is 48.7 Å². The van der Waals surface area contributed by atoms with Gasteiger partial charge < -0.3 is 9.22 Å². The summed E-state index contributed by atoms with van der Waals surface area (Å²) in [5.74, 6) is 0. The molecule has 2 nitrogen and oxygen atoms in total. The first-order valence-corrected chi connectivity index (χ1v) is 6.05. The third-order valence-electron chi connectivity index (χ3n) is 3.21. The van der Waals surface area contributed by atoms with Crippen LogP contribution in [0.15, 0.2) is 0 Å². The van der Waals surface area contributed by atoms with Crippen molar-refractivity contribution >= 4 is 0 Å². The molecule has 0 aliphatic carbocycles. The van der Waals surface area contributed by atoms with E-state index in [1.165, 1.54) is 0 Å². The number of hydrogen-bond acceptors (Lipinski definition) is 1. The van der Waals surface area contributed by atoms with E-state index in [0.29, 0.717) is 11.5 Å². The minimum absolute atomic E-state index is 0.391. The van der Waals surface area contributed by atoms with E-state index in [-0.39, 0.29) is 0 Å². The van der Waals surface area contributed by atoms with E-state index in [0.717, 1.165) is 30.7 Å². The van der Waals surface area contributed by atoms with E-state index < -0.39 is 0 Å². The summed E-state index contributed by atoms with van der Waals surface area (Å²) in [5, 5.41) is 0. The lowest BCUT2D eigenvalue weighted by Gasteiger charge is -2.34. The molecule has 0 heterocycles. The van der Waals surface area contributed by atoms with Crippen LogP contribution in [0.25, 0.3) is 0 Å². The van der Waals surface area contributed by atoms with Crippen LogP contribution in [0.4, 0.5) is 0 Å². The summed E-state index contributed by atoms with van der Waals surface area (Å²) in [6, 6.07) is 0.663. The van der Waals surface area contributed by atoms with Gasteiger partial charge in [0.15, 0.2) is 0 Å². The highest BCUT2D eigenvalue weighted by atomic mass is 16.5. The van der Waals surface area contributed by atoms with Crippen molar-refractivity contribution < 1.29 is 9.22 Å². The van der Waals surface area contributed by atoms with Crippen molar-refractivity contribution in [3.63, 3.8) is 0 Å². The van der Waals surface area contributed by atoms with Crippen molar-refractivity contribution in [1.29, 1.82) is 0 Å². The lowest BCUT2D eigenvalue weighted by molar-refractivity contribution is -0.911. The zero-order valence-corrected chi connectivity index (χ0v) is 11.8. The first-order chi connectivity index (χ1) is 6.65. The smallest absolute Gasteiger partial charge is 0.102 e. The van der Waals surface area contributed by atoms with Gasteiger partial charge in [0.05, 0.1) is 26.7 Å². The maximum absolute atomic E-state index is 5.68. The summed E-state index contributed by atoms with van der Waals surface area (Å²) in [5.41, 5.74) is 0.391. The van der Waals surface area contributed by atoms with E-state index in [1.54, 1.807) is 0 Å². The molecular weight excluding hydrogens is 186 g/mol. The van der Waals surface area contributed by atoms with Gasteiger partial charge in [0.25, 0.3) is 0 Å². The highest BCUT2D eigenvalue weighted by molar-refractivity contribution is 4.59. The highest BCUT2D eigenvalue weighted by Crippen LogP contribution is 2.17. The molecule has 0 saturated heterocycles. The average Bonchev–Trinajstić information content (AvgIpc) is 2.00. The van der Waals surface area contributed by atoms with Gasteiger partial charge in [0, 0.05) is 6.61 Å². The number of quaternary nitrogens is 1. The van der Waals surface area contributed by atoms with Gasteiger partial charge in [-0.2, -0.15) is 0 Å². The molecule has 0 amide bonds. The number of nitrogens with zero attached hydrogens (tertiary/aromatic N) is 1. The molecular formula is C13H30NO+. The summed E-state index contributed by atoms with van der Waals surface area (Å²) in [6.07, 6.45) is 1.14. The molecule has 92 valence electrons. The summed E-state index contributed by atoms with van der Waals surface area (Å²) in [4.78, 5) is 0. The largest absolute Gasteiger partial charge is 0.376 e. The molecule has 0 atom stereocenters. The van der Waals surface area contributed by atoms with E-state index in [9.17, 15) is 0 Å². The van der Waals surface area contributed by atoms with E-state index in [1.807, 2.05) is 0 Å². The Kier molecular flexibility index (Phi) is 5.82. The molecule has 0 aromatic heterocycles. The molecule has 0 bridgehead atoms. The first kappa shape index (κ1) is 14.9. The number of hydrogen-bond donors (Lipinski definition) is 0. The maximum atomic E-state index is 5.68. The predicted molar refractivity (Wildman–Crippen MR) is 67.0 cm³/mol. The molecule has 0 rings (SSSR count). The summed E-state index contributed by atoms with van der Waals surface area (Å²) >= 11 is 0. The molecule has 0 N–H and O–H groups in total. The zero-order chi connectivity index (χ0) is 12.1. The second-order valence-corrected chi connectivity index (χ2v) is 6.52. The van der Waals surface area contributed by atoms with Crippen LogP contribution in [-0.2, 0) is 4.74 Å². The Balaban J connectivity index is 3.55. The maximum Gasteiger partial charge on any atom is 0.102 e. The molecule has 0 aromatic rings. The SMILES string of the molecule is CC(C)[N+](C)(C)CCOCCC(C)(C)C. The van der Waals surface area contributed by atoms with Crippen molar-refractivity contribution in [2.45, 2.75) is 47.1 Å². The number of rotatable bonds is 6. The van der Waals surface area contributed by atoms with Crippen LogP contribution in [-0.4, -0.2) is 44.4 Å². The Morgan fingerprint density at radius 3 is 2.00 bits per heavy atom. The minimum atomic E-state index is 0.391. The van der Waals surface area contributed by atoms with Crippen LogP contribution in [0.2, 0.25) is 0 Å². The van der Waals surface area contributed by atoms with Crippen LogP contribution in [0.3, 0.4) is 0 Å². The van der Waals surface area contributed by atoms with Crippen molar-refractivity contribution in [3.05, 3.63) is 0 Å². The topological polar surface area (TPSA) is 9.23 Å². The predicted octanol–water partition coefficient (Wildman–Crippen LogP) is 2.92. The van der Waals surface area contributed by atoms with Crippen molar-refractivity contribution in [1.82, 2.24) is 0 Å². The molecule has 0 fully saturated rings. The molecule has 0 saturated carbocycles. The second kappa shape index (κ2) is 5.86. The zero-order valence-electron chi connectivity index (χ0n) is 11.8. The van der Waals surface area contributed by atoms with Gasteiger partial charge in [0.2, 0.25) is 0 Å². The Labute approximate surface area is 96.2 Å². The van der Waals surface area contributed by atoms with Gasteiger partial charge in [0.1, 0.15) is 6.54 Å². The molecule has 0 unspecified atom stereocenters. The molecule has 2 heteroatoms. The fourth-order valence-corrected chi connectivity index (χ4v) is 1.04. The van der Waals surface area contributed by atoms with Gasteiger partial charge in [-0.1, -0.05) is 20.8 Å². The Hall–Kier alpha value is -0.0800. The molecule has 0 aliphatic rings. The van der Waals surface area contributed by atoms with Gasteiger partial charge >= 0.3 is 0 Å². The summed E-state index contributed by atoms with van der Waals surface area (Å²) < 4.78 is 6.72. The Morgan fingerprint density at radius 1 is 1.07 bits per heavy atom. The Bertz CT molecular complexity index is 168. The molecule has 0 aliphatic heterocycles. The van der Waals surface area contributed by atoms with Crippen LogP contribution in [0, 0.1) is 5.41 Å². The fourth-order valence-electron chi connectivity index (χ4n) is 1.04. The van der Waals surface area contributed by atoms with Crippen LogP contribution in [0.1, 0.15) is 41.0 Å². The van der Waals surface area contributed by atoms with Gasteiger partial charge in [-0.05, 0) is 25.7 Å². The summed E-state index contributed by atoms with van der Waals surface area (Å²) in [7, 11) is 4.52. The fraction of sp³-hybridized carbons (Fsp3) is 1.00. The molecule has 0 radical (unpaired) electrons.